The topological polar surface area (TPSA) is 52.6 Å². The molecule has 3 aliphatic carbocycles. The molecule has 4 fully saturated rings. The number of rotatable bonds is 0. The van der Waals surface area contributed by atoms with Crippen LogP contribution in [-0.2, 0) is 20.7 Å². The van der Waals surface area contributed by atoms with Crippen molar-refractivity contribution >= 4 is 5.97 Å². The highest BCUT2D eigenvalue weighted by molar-refractivity contribution is 5.83. The van der Waals surface area contributed by atoms with Crippen molar-refractivity contribution in [2.24, 2.45) is 17.3 Å². The summed E-state index contributed by atoms with van der Waals surface area (Å²) in [5, 5.41) is 0. The van der Waals surface area contributed by atoms with Crippen LogP contribution in [0.5, 0.6) is 0 Å². The zero-order valence-corrected chi connectivity index (χ0v) is 13.2. The SMILES string of the molecule is Cc1cc(=O)cc2c3c1[C@H]1O[C@H]4[C@@H]5OC(=O)[C@](CC2)([C@@H]4C)[C@H]3[C@@H]51. The number of hydrogen-bond donors (Lipinski definition) is 0. The Morgan fingerprint density at radius 3 is 2.83 bits per heavy atom. The lowest BCUT2D eigenvalue weighted by Gasteiger charge is -2.57. The van der Waals surface area contributed by atoms with Gasteiger partial charge in [-0.05, 0) is 54.2 Å². The molecule has 23 heavy (non-hydrogen) atoms. The van der Waals surface area contributed by atoms with Crippen LogP contribution in [-0.4, -0.2) is 18.2 Å². The van der Waals surface area contributed by atoms with Gasteiger partial charge in [0, 0.05) is 17.8 Å². The lowest BCUT2D eigenvalue weighted by Crippen LogP contribution is -2.64. The molecule has 1 saturated carbocycles. The van der Waals surface area contributed by atoms with Crippen LogP contribution in [0, 0.1) is 24.2 Å². The Bertz CT molecular complexity index is 859. The summed E-state index contributed by atoms with van der Waals surface area (Å²) in [7, 11) is 0. The quantitative estimate of drug-likeness (QED) is 0.688. The van der Waals surface area contributed by atoms with E-state index in [1.165, 1.54) is 11.1 Å². The van der Waals surface area contributed by atoms with Crippen molar-refractivity contribution in [3.63, 3.8) is 0 Å². The molecular weight excluding hydrogens is 292 g/mol. The molecule has 0 N–H and O–H groups in total. The van der Waals surface area contributed by atoms with Gasteiger partial charge in [0.1, 0.15) is 6.10 Å². The first kappa shape index (κ1) is 12.7. The lowest BCUT2D eigenvalue weighted by atomic mass is 9.50. The lowest BCUT2D eigenvalue weighted by molar-refractivity contribution is -0.215. The van der Waals surface area contributed by atoms with E-state index in [1.54, 1.807) is 12.1 Å². The fourth-order valence-corrected chi connectivity index (χ4v) is 6.56. The van der Waals surface area contributed by atoms with E-state index in [9.17, 15) is 9.59 Å². The smallest absolute Gasteiger partial charge is 0.313 e. The molecule has 0 aromatic heterocycles. The van der Waals surface area contributed by atoms with E-state index >= 15 is 0 Å². The van der Waals surface area contributed by atoms with Crippen molar-refractivity contribution in [1.82, 2.24) is 0 Å². The van der Waals surface area contributed by atoms with Crippen LogP contribution >= 0.6 is 0 Å². The molecule has 3 heterocycles. The number of hydrogen-bond acceptors (Lipinski definition) is 4. The van der Waals surface area contributed by atoms with E-state index in [4.69, 9.17) is 9.47 Å². The maximum absolute atomic E-state index is 12.9. The van der Waals surface area contributed by atoms with Gasteiger partial charge in [0.2, 0.25) is 0 Å². The average molecular weight is 310 g/mol. The molecular formula is C19H18O4. The van der Waals surface area contributed by atoms with Crippen molar-refractivity contribution in [3.05, 3.63) is 44.6 Å². The zero-order valence-electron chi connectivity index (χ0n) is 13.2. The average Bonchev–Trinajstić information content (AvgIpc) is 2.95. The van der Waals surface area contributed by atoms with E-state index < -0.39 is 5.41 Å². The molecule has 1 aromatic carbocycles. The Morgan fingerprint density at radius 1 is 1.17 bits per heavy atom. The minimum Gasteiger partial charge on any atom is -0.459 e. The summed E-state index contributed by atoms with van der Waals surface area (Å²) in [6, 6.07) is 3.52. The van der Waals surface area contributed by atoms with E-state index in [2.05, 4.69) is 6.92 Å². The predicted octanol–water partition coefficient (Wildman–Crippen LogP) is 2.02. The maximum atomic E-state index is 12.9. The molecule has 0 unspecified atom stereocenters. The van der Waals surface area contributed by atoms with Gasteiger partial charge in [-0.1, -0.05) is 6.92 Å². The fraction of sp³-hybridized carbons (Fsp3) is 0.579. The monoisotopic (exact) mass is 310 g/mol. The molecule has 1 aromatic rings. The molecule has 1 spiro atoms. The normalized spacial score (nSPS) is 47.0. The third-order valence-corrected chi connectivity index (χ3v) is 7.36. The molecule has 4 heteroatoms. The molecule has 7 atom stereocenters. The second-order valence-corrected chi connectivity index (χ2v) is 8.00. The third kappa shape index (κ3) is 1.11. The van der Waals surface area contributed by atoms with Crippen molar-refractivity contribution < 1.29 is 14.3 Å². The highest BCUT2D eigenvalue weighted by Crippen LogP contribution is 2.73. The van der Waals surface area contributed by atoms with Crippen LogP contribution < -0.4 is 5.43 Å². The summed E-state index contributed by atoms with van der Waals surface area (Å²) in [4.78, 5) is 25.0. The number of esters is 1. The molecule has 0 amide bonds. The summed E-state index contributed by atoms with van der Waals surface area (Å²) in [5.41, 5.74) is 4.19. The first-order valence-electron chi connectivity index (χ1n) is 8.58. The fourth-order valence-electron chi connectivity index (χ4n) is 6.56. The van der Waals surface area contributed by atoms with Crippen LogP contribution in [0.1, 0.15) is 47.6 Å². The van der Waals surface area contributed by atoms with E-state index in [-0.39, 0.29) is 47.5 Å². The molecule has 3 aliphatic heterocycles. The van der Waals surface area contributed by atoms with E-state index in [1.807, 2.05) is 6.92 Å². The summed E-state index contributed by atoms with van der Waals surface area (Å²) >= 11 is 0. The van der Waals surface area contributed by atoms with Crippen LogP contribution in [0.4, 0.5) is 0 Å². The Hall–Kier alpha value is -1.68. The molecule has 4 bridgehead atoms. The molecule has 7 rings (SSSR count). The Morgan fingerprint density at radius 2 is 2.00 bits per heavy atom. The minimum absolute atomic E-state index is 0.00826. The van der Waals surface area contributed by atoms with E-state index in [0.29, 0.717) is 0 Å². The standard InChI is InChI=1S/C19H18O4/c1-7-5-10(20)6-9-3-4-19-8(2)15-17(23-18(19)21)13-14(19)12(9)11(7)16(13)22-15/h5-6,8,13-17H,3-4H2,1-2H3/t8-,13-,14-,15-,16-,17-,19-/m1/s1. The number of carbonyl (C=O) groups is 1. The summed E-state index contributed by atoms with van der Waals surface area (Å²) in [6.45, 7) is 4.17. The second-order valence-electron chi connectivity index (χ2n) is 8.00. The van der Waals surface area contributed by atoms with Gasteiger partial charge in [-0.2, -0.15) is 0 Å². The minimum atomic E-state index is -0.444. The third-order valence-electron chi connectivity index (χ3n) is 7.36. The number of aryl methyl sites for hydroxylation is 2. The summed E-state index contributed by atoms with van der Waals surface area (Å²) < 4.78 is 12.3. The first-order chi connectivity index (χ1) is 11.0. The largest absolute Gasteiger partial charge is 0.459 e. The van der Waals surface area contributed by atoms with Gasteiger partial charge in [0.05, 0.1) is 17.6 Å². The first-order valence-corrected chi connectivity index (χ1v) is 8.58. The van der Waals surface area contributed by atoms with Crippen molar-refractivity contribution in [2.45, 2.75) is 50.9 Å². The maximum Gasteiger partial charge on any atom is 0.313 e. The number of carbonyl (C=O) groups excluding carboxylic acids is 1. The number of ether oxygens (including phenoxy) is 2. The molecule has 6 aliphatic rings. The van der Waals surface area contributed by atoms with Gasteiger partial charge in [0.15, 0.2) is 5.43 Å². The van der Waals surface area contributed by atoms with Crippen molar-refractivity contribution in [3.8, 4) is 0 Å². The second kappa shape index (κ2) is 3.54. The summed E-state index contributed by atoms with van der Waals surface area (Å²) in [6.07, 6.45) is 1.47. The Labute approximate surface area is 133 Å². The van der Waals surface area contributed by atoms with Gasteiger partial charge in [0.25, 0.3) is 0 Å². The van der Waals surface area contributed by atoms with Crippen LogP contribution in [0.3, 0.4) is 0 Å². The Kier molecular flexibility index (Phi) is 1.95. The molecule has 4 nitrogen and oxygen atoms in total. The van der Waals surface area contributed by atoms with Gasteiger partial charge in [-0.15, -0.1) is 0 Å². The highest BCUT2D eigenvalue weighted by atomic mass is 16.6. The summed E-state index contributed by atoms with van der Waals surface area (Å²) in [5.74, 6) is 0.594. The molecule has 0 radical (unpaired) electrons. The number of fused-ring (bicyclic) bond motifs is 2. The van der Waals surface area contributed by atoms with Crippen LogP contribution in [0.2, 0.25) is 0 Å². The van der Waals surface area contributed by atoms with Crippen LogP contribution in [0.25, 0.3) is 0 Å². The Balaban J connectivity index is 1.78. The van der Waals surface area contributed by atoms with Gasteiger partial charge in [-0.3, -0.25) is 9.59 Å². The van der Waals surface area contributed by atoms with Gasteiger partial charge >= 0.3 is 5.97 Å². The van der Waals surface area contributed by atoms with Gasteiger partial charge in [-0.25, -0.2) is 0 Å². The predicted molar refractivity (Wildman–Crippen MR) is 81.1 cm³/mol. The zero-order chi connectivity index (χ0) is 15.7. The highest BCUT2D eigenvalue weighted by Gasteiger charge is 2.76. The van der Waals surface area contributed by atoms with Crippen molar-refractivity contribution in [1.29, 1.82) is 0 Å². The molecule has 118 valence electrons. The van der Waals surface area contributed by atoms with Crippen LogP contribution in [0.15, 0.2) is 16.9 Å². The van der Waals surface area contributed by atoms with E-state index in [0.717, 1.165) is 24.0 Å². The van der Waals surface area contributed by atoms with Crippen molar-refractivity contribution in [2.75, 3.05) is 0 Å². The van der Waals surface area contributed by atoms with Gasteiger partial charge < -0.3 is 9.47 Å². The molecule has 3 saturated heterocycles.